The van der Waals surface area contributed by atoms with E-state index < -0.39 is 5.97 Å². The fourth-order valence-electron chi connectivity index (χ4n) is 1.20. The summed E-state index contributed by atoms with van der Waals surface area (Å²) in [6.07, 6.45) is 0.135. The van der Waals surface area contributed by atoms with Crippen molar-refractivity contribution in [3.63, 3.8) is 0 Å². The molecule has 1 heterocycles. The van der Waals surface area contributed by atoms with E-state index >= 15 is 0 Å². The Morgan fingerprint density at radius 1 is 1.77 bits per heavy atom. The van der Waals surface area contributed by atoms with Crippen molar-refractivity contribution in [1.29, 1.82) is 0 Å². The number of aromatic nitrogens is 2. The number of carbonyl (C=O) groups is 1. The highest BCUT2D eigenvalue weighted by Gasteiger charge is 2.13. The monoisotopic (exact) mass is 182 g/mol. The van der Waals surface area contributed by atoms with Crippen LogP contribution in [0.15, 0.2) is 6.07 Å². The van der Waals surface area contributed by atoms with Crippen LogP contribution in [0.25, 0.3) is 0 Å². The first-order valence-electron chi connectivity index (χ1n) is 4.23. The third-order valence-corrected chi connectivity index (χ3v) is 2.12. The van der Waals surface area contributed by atoms with Crippen LogP contribution in [0.5, 0.6) is 0 Å². The third kappa shape index (κ3) is 2.31. The van der Waals surface area contributed by atoms with Gasteiger partial charge in [-0.2, -0.15) is 5.10 Å². The molecule has 0 saturated heterocycles. The Kier molecular flexibility index (Phi) is 2.70. The third-order valence-electron chi connectivity index (χ3n) is 2.12. The number of aryl methyl sites for hydroxylation is 2. The fraction of sp³-hybridized carbons (Fsp3) is 0.556. The smallest absolute Gasteiger partial charge is 0.304 e. The van der Waals surface area contributed by atoms with E-state index in [9.17, 15) is 4.79 Å². The number of aliphatic carboxylic acids is 1. The highest BCUT2D eigenvalue weighted by atomic mass is 16.4. The molecule has 0 spiro atoms. The lowest BCUT2D eigenvalue weighted by Gasteiger charge is -2.02. The number of carboxylic acid groups (broad SMARTS) is 1. The molecule has 0 radical (unpaired) electrons. The summed E-state index contributed by atoms with van der Waals surface area (Å²) in [5.41, 5.74) is 1.90. The summed E-state index contributed by atoms with van der Waals surface area (Å²) in [6, 6.07) is 1.92. The van der Waals surface area contributed by atoms with Crippen LogP contribution in [0, 0.1) is 6.92 Å². The van der Waals surface area contributed by atoms with E-state index in [1.54, 1.807) is 4.68 Å². The van der Waals surface area contributed by atoms with Gasteiger partial charge in [0.25, 0.3) is 0 Å². The van der Waals surface area contributed by atoms with Crippen LogP contribution < -0.4 is 0 Å². The molecule has 0 amide bonds. The van der Waals surface area contributed by atoms with Gasteiger partial charge < -0.3 is 5.11 Å². The second kappa shape index (κ2) is 3.60. The minimum absolute atomic E-state index is 0.0163. The molecule has 1 unspecified atom stereocenters. The summed E-state index contributed by atoms with van der Waals surface area (Å²) in [7, 11) is 1.85. The van der Waals surface area contributed by atoms with Crippen molar-refractivity contribution in [2.45, 2.75) is 26.2 Å². The predicted molar refractivity (Wildman–Crippen MR) is 48.6 cm³/mol. The summed E-state index contributed by atoms with van der Waals surface area (Å²) < 4.78 is 1.76. The lowest BCUT2D eigenvalue weighted by atomic mass is 10.0. The molecule has 72 valence electrons. The van der Waals surface area contributed by atoms with E-state index in [0.29, 0.717) is 0 Å². The molecule has 0 fully saturated rings. The highest BCUT2D eigenvalue weighted by molar-refractivity contribution is 5.67. The molecule has 0 aromatic carbocycles. The van der Waals surface area contributed by atoms with Crippen LogP contribution in [0.4, 0.5) is 0 Å². The van der Waals surface area contributed by atoms with Gasteiger partial charge in [-0.25, -0.2) is 0 Å². The second-order valence-corrected chi connectivity index (χ2v) is 3.33. The zero-order chi connectivity index (χ0) is 10.0. The molecule has 0 aliphatic heterocycles. The highest BCUT2D eigenvalue weighted by Crippen LogP contribution is 2.17. The molecule has 4 nitrogen and oxygen atoms in total. The van der Waals surface area contributed by atoms with Crippen molar-refractivity contribution in [3.05, 3.63) is 17.5 Å². The molecule has 0 bridgehead atoms. The van der Waals surface area contributed by atoms with Crippen LogP contribution in [-0.4, -0.2) is 20.9 Å². The van der Waals surface area contributed by atoms with Crippen molar-refractivity contribution in [2.75, 3.05) is 0 Å². The fourth-order valence-corrected chi connectivity index (χ4v) is 1.20. The molecular formula is C9H14N2O2. The van der Waals surface area contributed by atoms with Crippen LogP contribution in [0.2, 0.25) is 0 Å². The second-order valence-electron chi connectivity index (χ2n) is 3.33. The van der Waals surface area contributed by atoms with E-state index in [4.69, 9.17) is 5.11 Å². The first kappa shape index (κ1) is 9.77. The Hall–Kier alpha value is -1.32. The maximum Gasteiger partial charge on any atom is 0.304 e. The number of hydrogen-bond donors (Lipinski definition) is 1. The molecule has 1 N–H and O–H groups in total. The van der Waals surface area contributed by atoms with Crippen molar-refractivity contribution >= 4 is 5.97 Å². The molecule has 4 heteroatoms. The topological polar surface area (TPSA) is 55.1 Å². The van der Waals surface area contributed by atoms with Crippen molar-refractivity contribution in [2.24, 2.45) is 7.05 Å². The molecule has 0 saturated carbocycles. The van der Waals surface area contributed by atoms with E-state index in [2.05, 4.69) is 5.10 Å². The summed E-state index contributed by atoms with van der Waals surface area (Å²) in [4.78, 5) is 10.4. The number of hydrogen-bond acceptors (Lipinski definition) is 2. The first-order chi connectivity index (χ1) is 6.00. The maximum absolute atomic E-state index is 10.4. The molecular weight excluding hydrogens is 168 g/mol. The number of carboxylic acids is 1. The van der Waals surface area contributed by atoms with E-state index in [1.807, 2.05) is 27.0 Å². The van der Waals surface area contributed by atoms with E-state index in [1.165, 1.54) is 0 Å². The lowest BCUT2D eigenvalue weighted by molar-refractivity contribution is -0.137. The van der Waals surface area contributed by atoms with Crippen molar-refractivity contribution in [3.8, 4) is 0 Å². The standard InChI is InChI=1S/C9H14N2O2/c1-6(4-9(12)13)8-5-7(2)11(3)10-8/h5-6H,4H2,1-3H3,(H,12,13). The van der Waals surface area contributed by atoms with E-state index in [-0.39, 0.29) is 12.3 Å². The SMILES string of the molecule is Cc1cc(C(C)CC(=O)O)nn1C. The van der Waals surface area contributed by atoms with Crippen LogP contribution >= 0.6 is 0 Å². The molecule has 1 rings (SSSR count). The average molecular weight is 182 g/mol. The van der Waals surface area contributed by atoms with E-state index in [0.717, 1.165) is 11.4 Å². The number of rotatable bonds is 3. The Morgan fingerprint density at radius 2 is 2.38 bits per heavy atom. The summed E-state index contributed by atoms with van der Waals surface area (Å²) in [6.45, 7) is 3.82. The zero-order valence-electron chi connectivity index (χ0n) is 8.11. The minimum atomic E-state index is -0.782. The summed E-state index contributed by atoms with van der Waals surface area (Å²) in [5.74, 6) is -0.798. The number of nitrogens with zero attached hydrogens (tertiary/aromatic N) is 2. The predicted octanol–water partition coefficient (Wildman–Crippen LogP) is 1.31. The van der Waals surface area contributed by atoms with Crippen LogP contribution in [0.1, 0.15) is 30.7 Å². The van der Waals surface area contributed by atoms with Gasteiger partial charge in [-0.1, -0.05) is 6.92 Å². The van der Waals surface area contributed by atoms with Gasteiger partial charge in [-0.05, 0) is 13.0 Å². The maximum atomic E-state index is 10.4. The van der Waals surface area contributed by atoms with Crippen LogP contribution in [-0.2, 0) is 11.8 Å². The molecule has 1 aromatic rings. The van der Waals surface area contributed by atoms with Gasteiger partial charge in [-0.3, -0.25) is 9.48 Å². The largest absolute Gasteiger partial charge is 0.481 e. The first-order valence-corrected chi connectivity index (χ1v) is 4.23. The van der Waals surface area contributed by atoms with Gasteiger partial charge in [-0.15, -0.1) is 0 Å². The molecule has 0 aliphatic carbocycles. The normalized spacial score (nSPS) is 12.8. The van der Waals surface area contributed by atoms with Crippen molar-refractivity contribution in [1.82, 2.24) is 9.78 Å². The Balaban J connectivity index is 2.77. The Morgan fingerprint density at radius 3 is 2.77 bits per heavy atom. The lowest BCUT2D eigenvalue weighted by Crippen LogP contribution is -2.04. The summed E-state index contributed by atoms with van der Waals surface area (Å²) in [5, 5.41) is 12.8. The Labute approximate surface area is 77.2 Å². The van der Waals surface area contributed by atoms with Crippen LogP contribution in [0.3, 0.4) is 0 Å². The quantitative estimate of drug-likeness (QED) is 0.766. The van der Waals surface area contributed by atoms with Gasteiger partial charge >= 0.3 is 5.97 Å². The van der Waals surface area contributed by atoms with Gasteiger partial charge in [0.15, 0.2) is 0 Å². The van der Waals surface area contributed by atoms with Gasteiger partial charge in [0.05, 0.1) is 12.1 Å². The molecule has 13 heavy (non-hydrogen) atoms. The molecule has 1 aromatic heterocycles. The Bertz CT molecular complexity index is 298. The van der Waals surface area contributed by atoms with Gasteiger partial charge in [0, 0.05) is 18.7 Å². The zero-order valence-corrected chi connectivity index (χ0v) is 8.11. The molecule has 1 atom stereocenters. The van der Waals surface area contributed by atoms with Gasteiger partial charge in [0.2, 0.25) is 0 Å². The van der Waals surface area contributed by atoms with Crippen molar-refractivity contribution < 1.29 is 9.90 Å². The van der Waals surface area contributed by atoms with Gasteiger partial charge in [0.1, 0.15) is 0 Å². The minimum Gasteiger partial charge on any atom is -0.481 e. The molecule has 0 aliphatic rings. The average Bonchev–Trinajstić information content (AvgIpc) is 2.31. The summed E-state index contributed by atoms with van der Waals surface area (Å²) >= 11 is 0.